The van der Waals surface area contributed by atoms with Gasteiger partial charge in [0, 0.05) is 32.8 Å². The van der Waals surface area contributed by atoms with E-state index in [0.29, 0.717) is 20.6 Å². The summed E-state index contributed by atoms with van der Waals surface area (Å²) in [4.78, 5) is 22.4. The molecule has 0 radical (unpaired) electrons. The van der Waals surface area contributed by atoms with Crippen LogP contribution in [-0.4, -0.2) is 10.8 Å². The SMILES string of the molecule is O=C(C=Cc1ccc([N+](=O)[O-])s1)Nc1cc(Cl)cc(Cl)c1. The van der Waals surface area contributed by atoms with Gasteiger partial charge in [0.05, 0.1) is 4.92 Å². The Hall–Kier alpha value is -1.89. The van der Waals surface area contributed by atoms with Gasteiger partial charge < -0.3 is 5.32 Å². The Morgan fingerprint density at radius 3 is 2.48 bits per heavy atom. The van der Waals surface area contributed by atoms with Crippen molar-refractivity contribution in [2.24, 2.45) is 0 Å². The Balaban J connectivity index is 2.03. The first kappa shape index (κ1) is 15.5. The number of benzene rings is 1. The second-order valence-corrected chi connectivity index (χ2v) is 5.88. The number of hydrogen-bond acceptors (Lipinski definition) is 4. The van der Waals surface area contributed by atoms with Gasteiger partial charge in [-0.3, -0.25) is 14.9 Å². The Bertz CT molecular complexity index is 708. The van der Waals surface area contributed by atoms with Gasteiger partial charge in [-0.1, -0.05) is 34.5 Å². The standard InChI is InChI=1S/C13H8Cl2N2O3S/c14-8-5-9(15)7-10(6-8)16-12(18)3-1-11-2-4-13(21-11)17(19)20/h1-7H,(H,16,18). The molecule has 1 aromatic heterocycles. The van der Waals surface area contributed by atoms with Crippen LogP contribution in [0.3, 0.4) is 0 Å². The normalized spacial score (nSPS) is 10.8. The minimum Gasteiger partial charge on any atom is -0.322 e. The zero-order chi connectivity index (χ0) is 15.4. The smallest absolute Gasteiger partial charge is 0.322 e. The first-order valence-corrected chi connectivity index (χ1v) is 7.20. The molecular formula is C13H8Cl2N2O3S. The Morgan fingerprint density at radius 2 is 1.90 bits per heavy atom. The maximum absolute atomic E-state index is 11.7. The van der Waals surface area contributed by atoms with E-state index in [9.17, 15) is 14.9 Å². The van der Waals surface area contributed by atoms with Crippen LogP contribution in [0, 0.1) is 10.1 Å². The van der Waals surface area contributed by atoms with Gasteiger partial charge in [0.25, 0.3) is 0 Å². The molecule has 0 aliphatic rings. The zero-order valence-electron chi connectivity index (χ0n) is 10.4. The highest BCUT2D eigenvalue weighted by molar-refractivity contribution is 7.16. The van der Waals surface area contributed by atoms with Gasteiger partial charge in [-0.15, -0.1) is 0 Å². The molecule has 0 saturated heterocycles. The maximum Gasteiger partial charge on any atom is 0.324 e. The number of carbonyl (C=O) groups excluding carboxylic acids is 1. The molecule has 1 heterocycles. The fraction of sp³-hybridized carbons (Fsp3) is 0. The molecule has 8 heteroatoms. The van der Waals surface area contributed by atoms with Gasteiger partial charge in [0.1, 0.15) is 0 Å². The highest BCUT2D eigenvalue weighted by Gasteiger charge is 2.08. The topological polar surface area (TPSA) is 72.2 Å². The number of nitrogens with one attached hydrogen (secondary N) is 1. The summed E-state index contributed by atoms with van der Waals surface area (Å²) in [5.74, 6) is -0.385. The highest BCUT2D eigenvalue weighted by atomic mass is 35.5. The van der Waals surface area contributed by atoms with Crippen molar-refractivity contribution in [3.8, 4) is 0 Å². The summed E-state index contributed by atoms with van der Waals surface area (Å²) in [5.41, 5.74) is 0.472. The number of nitrogens with zero attached hydrogens (tertiary/aromatic N) is 1. The lowest BCUT2D eigenvalue weighted by molar-refractivity contribution is -0.380. The predicted molar refractivity (Wildman–Crippen MR) is 85.1 cm³/mol. The summed E-state index contributed by atoms with van der Waals surface area (Å²) in [6, 6.07) is 7.64. The third kappa shape index (κ3) is 4.56. The maximum atomic E-state index is 11.7. The fourth-order valence-corrected chi connectivity index (χ4v) is 2.75. The van der Waals surface area contributed by atoms with E-state index in [4.69, 9.17) is 23.2 Å². The fourth-order valence-electron chi connectivity index (χ4n) is 1.50. The zero-order valence-corrected chi connectivity index (χ0v) is 12.7. The van der Waals surface area contributed by atoms with Crippen molar-refractivity contribution < 1.29 is 9.72 Å². The molecule has 108 valence electrons. The first-order valence-electron chi connectivity index (χ1n) is 5.63. The minimum atomic E-state index is -0.476. The third-order valence-electron chi connectivity index (χ3n) is 2.32. The molecule has 0 saturated carbocycles. The quantitative estimate of drug-likeness (QED) is 0.500. The van der Waals surface area contributed by atoms with Crippen molar-refractivity contribution >= 4 is 57.2 Å². The largest absolute Gasteiger partial charge is 0.324 e. The Labute approximate surface area is 134 Å². The first-order chi connectivity index (χ1) is 9.94. The van der Waals surface area contributed by atoms with Crippen LogP contribution >= 0.6 is 34.5 Å². The summed E-state index contributed by atoms with van der Waals surface area (Å²) in [6.45, 7) is 0. The van der Waals surface area contributed by atoms with Gasteiger partial charge in [0.15, 0.2) is 0 Å². The molecule has 5 nitrogen and oxygen atoms in total. The molecule has 0 atom stereocenters. The number of thiophene rings is 1. The summed E-state index contributed by atoms with van der Waals surface area (Å²) in [6.07, 6.45) is 2.78. The molecule has 1 N–H and O–H groups in total. The Kier molecular flexibility index (Phi) is 4.95. The van der Waals surface area contributed by atoms with E-state index in [1.165, 1.54) is 18.2 Å². The lowest BCUT2D eigenvalue weighted by atomic mass is 10.3. The Morgan fingerprint density at radius 1 is 1.24 bits per heavy atom. The van der Waals surface area contributed by atoms with E-state index in [1.807, 2.05) is 0 Å². The average Bonchev–Trinajstić information content (AvgIpc) is 2.84. The van der Waals surface area contributed by atoms with E-state index >= 15 is 0 Å². The van der Waals surface area contributed by atoms with Crippen molar-refractivity contribution in [2.45, 2.75) is 0 Å². The molecule has 2 rings (SSSR count). The lowest BCUT2D eigenvalue weighted by Gasteiger charge is -2.03. The van der Waals surface area contributed by atoms with E-state index < -0.39 is 4.92 Å². The van der Waals surface area contributed by atoms with Crippen LogP contribution in [0.15, 0.2) is 36.4 Å². The van der Waals surface area contributed by atoms with Crippen LogP contribution in [0.2, 0.25) is 10.0 Å². The van der Waals surface area contributed by atoms with Gasteiger partial charge in [0.2, 0.25) is 5.91 Å². The molecule has 0 unspecified atom stereocenters. The van der Waals surface area contributed by atoms with Crippen LogP contribution in [0.4, 0.5) is 10.7 Å². The van der Waals surface area contributed by atoms with E-state index in [2.05, 4.69) is 5.32 Å². The van der Waals surface area contributed by atoms with Crippen molar-refractivity contribution in [1.29, 1.82) is 0 Å². The molecule has 1 amide bonds. The number of halogens is 2. The summed E-state index contributed by atoms with van der Waals surface area (Å²) < 4.78 is 0. The van der Waals surface area contributed by atoms with Gasteiger partial charge in [-0.05, 0) is 30.3 Å². The van der Waals surface area contributed by atoms with Crippen LogP contribution in [0.1, 0.15) is 4.88 Å². The van der Waals surface area contributed by atoms with Crippen molar-refractivity contribution in [3.05, 3.63) is 61.4 Å². The van der Waals surface area contributed by atoms with Crippen molar-refractivity contribution in [1.82, 2.24) is 0 Å². The molecule has 0 bridgehead atoms. The molecule has 0 aliphatic carbocycles. The molecule has 0 fully saturated rings. The number of rotatable bonds is 4. The monoisotopic (exact) mass is 342 g/mol. The van der Waals surface area contributed by atoms with Crippen LogP contribution in [0.5, 0.6) is 0 Å². The molecule has 21 heavy (non-hydrogen) atoms. The second kappa shape index (κ2) is 6.71. The number of anilines is 1. The van der Waals surface area contributed by atoms with Crippen molar-refractivity contribution in [3.63, 3.8) is 0 Å². The number of amides is 1. The number of carbonyl (C=O) groups is 1. The van der Waals surface area contributed by atoms with Crippen LogP contribution in [0.25, 0.3) is 6.08 Å². The molecular weight excluding hydrogens is 335 g/mol. The van der Waals surface area contributed by atoms with E-state index in [1.54, 1.807) is 24.3 Å². The van der Waals surface area contributed by atoms with Gasteiger partial charge >= 0.3 is 5.00 Å². The number of hydrogen-bond donors (Lipinski definition) is 1. The molecule has 0 spiro atoms. The minimum absolute atomic E-state index is 0.0247. The van der Waals surface area contributed by atoms with E-state index in [-0.39, 0.29) is 10.9 Å². The predicted octanol–water partition coefficient (Wildman–Crippen LogP) is 4.62. The summed E-state index contributed by atoms with van der Waals surface area (Å²) >= 11 is 12.6. The lowest BCUT2D eigenvalue weighted by Crippen LogP contribution is -2.07. The second-order valence-electron chi connectivity index (χ2n) is 3.91. The highest BCUT2D eigenvalue weighted by Crippen LogP contribution is 2.25. The van der Waals surface area contributed by atoms with Gasteiger partial charge in [-0.25, -0.2) is 0 Å². The van der Waals surface area contributed by atoms with Gasteiger partial charge in [-0.2, -0.15) is 0 Å². The van der Waals surface area contributed by atoms with E-state index in [0.717, 1.165) is 11.3 Å². The van der Waals surface area contributed by atoms with Crippen LogP contribution in [-0.2, 0) is 4.79 Å². The third-order valence-corrected chi connectivity index (χ3v) is 3.76. The molecule has 1 aromatic carbocycles. The van der Waals surface area contributed by atoms with Crippen molar-refractivity contribution in [2.75, 3.05) is 5.32 Å². The van der Waals surface area contributed by atoms with Crippen LogP contribution < -0.4 is 5.32 Å². The molecule has 0 aliphatic heterocycles. The summed E-state index contributed by atoms with van der Waals surface area (Å²) in [5, 5.41) is 14.0. The molecule has 2 aromatic rings. The number of nitro groups is 1. The average molecular weight is 343 g/mol. The summed E-state index contributed by atoms with van der Waals surface area (Å²) in [7, 11) is 0.